The van der Waals surface area contributed by atoms with Gasteiger partial charge in [-0.2, -0.15) is 0 Å². The zero-order valence-corrected chi connectivity index (χ0v) is 6.80. The third kappa shape index (κ3) is 415. The fraction of sp³-hybridized carbons (Fsp3) is 1.00. The van der Waals surface area contributed by atoms with Gasteiger partial charge in [0.2, 0.25) is 0 Å². The Balaban J connectivity index is -0.0000000389. The minimum atomic E-state index is -1.75. The Kier molecular flexibility index (Phi) is 42.1. The van der Waals surface area contributed by atoms with Crippen molar-refractivity contribution in [2.75, 3.05) is 6.61 Å². The molecule has 1 N–H and O–H groups in total. The van der Waals surface area contributed by atoms with E-state index in [9.17, 15) is 0 Å². The molecule has 0 saturated heterocycles. The van der Waals surface area contributed by atoms with Gasteiger partial charge in [0.15, 0.2) is 0 Å². The van der Waals surface area contributed by atoms with Crippen molar-refractivity contribution in [3.63, 3.8) is 0 Å². The molecule has 0 spiro atoms. The van der Waals surface area contributed by atoms with Gasteiger partial charge < -0.3 is 35.7 Å². The van der Waals surface area contributed by atoms with Crippen molar-refractivity contribution in [2.45, 2.75) is 6.92 Å². The molecule has 12 heavy (non-hydrogen) atoms. The number of hydrogen-bond donors (Lipinski definition) is 1. The summed E-state index contributed by atoms with van der Waals surface area (Å²) >= 11 is 0. The van der Waals surface area contributed by atoms with Crippen LogP contribution in [0.2, 0.25) is 0 Å². The van der Waals surface area contributed by atoms with Crippen LogP contribution in [0.5, 0.6) is 0 Å². The number of aliphatic hydroxyl groups excluding tert-OH is 1. The molecule has 0 rings (SSSR count). The zero-order chi connectivity index (χ0) is 9.86. The van der Waals surface area contributed by atoms with Crippen LogP contribution in [-0.4, -0.2) is 21.9 Å². The Morgan fingerprint density at radius 1 is 1.08 bits per heavy atom. The molecule has 76 valence electrons. The summed E-state index contributed by atoms with van der Waals surface area (Å²) in [5, 5.41) is 37.1. The van der Waals surface area contributed by atoms with Crippen LogP contribution in [0.4, 0.5) is 0 Å². The zero-order valence-electron chi connectivity index (χ0n) is 5.81. The standard InChI is InChI=1S/C2H6O.2NO3.Ni/c1-2-3;2*2-1(3)4;/h3H,2H2,1H3;;;/q;2*-1;+2. The molecule has 0 aliphatic carbocycles. The molecule has 0 aliphatic heterocycles. The minimum absolute atomic E-state index is 0. The van der Waals surface area contributed by atoms with Gasteiger partial charge in [-0.3, -0.25) is 0 Å². The van der Waals surface area contributed by atoms with Crippen LogP contribution in [0.3, 0.4) is 0 Å². The SMILES string of the molecule is CCO.O=[N+]([O-])[O-].O=[N+]([O-])[O-].[Ni+2]. The summed E-state index contributed by atoms with van der Waals surface area (Å²) in [4.78, 5) is 16.5. The van der Waals surface area contributed by atoms with Crippen LogP contribution in [0.15, 0.2) is 0 Å². The molecule has 0 aromatic carbocycles. The first kappa shape index (κ1) is 22.4. The maximum atomic E-state index is 8.25. The van der Waals surface area contributed by atoms with E-state index >= 15 is 0 Å². The summed E-state index contributed by atoms with van der Waals surface area (Å²) in [5.74, 6) is 0. The van der Waals surface area contributed by atoms with E-state index in [2.05, 4.69) is 0 Å². The van der Waals surface area contributed by atoms with Crippen molar-refractivity contribution in [3.8, 4) is 0 Å². The van der Waals surface area contributed by atoms with Crippen molar-refractivity contribution >= 4 is 0 Å². The van der Waals surface area contributed by atoms with E-state index in [1.165, 1.54) is 0 Å². The normalized spacial score (nSPS) is 5.50. The van der Waals surface area contributed by atoms with E-state index in [1.807, 2.05) is 0 Å². The van der Waals surface area contributed by atoms with Gasteiger partial charge in [0.25, 0.3) is 0 Å². The predicted octanol–water partition coefficient (Wildman–Crippen LogP) is -0.482. The average molecular weight is 229 g/mol. The maximum Gasteiger partial charge on any atom is 2.00 e. The van der Waals surface area contributed by atoms with E-state index in [-0.39, 0.29) is 23.1 Å². The molecule has 9 nitrogen and oxygen atoms in total. The van der Waals surface area contributed by atoms with Gasteiger partial charge in [0.05, 0.1) is 10.2 Å². The van der Waals surface area contributed by atoms with Crippen molar-refractivity contribution in [3.05, 3.63) is 30.6 Å². The fourth-order valence-corrected chi connectivity index (χ4v) is 0. The molecule has 0 radical (unpaired) electrons. The quantitative estimate of drug-likeness (QED) is 0.334. The third-order valence-electron chi connectivity index (χ3n) is 0. The minimum Gasteiger partial charge on any atom is -0.397 e. The first-order valence-corrected chi connectivity index (χ1v) is 2.12. The van der Waals surface area contributed by atoms with Gasteiger partial charge in [-0.15, -0.1) is 0 Å². The van der Waals surface area contributed by atoms with E-state index < -0.39 is 10.2 Å². The molecule has 0 saturated carbocycles. The topological polar surface area (TPSA) is 153 Å². The fourth-order valence-electron chi connectivity index (χ4n) is 0. The van der Waals surface area contributed by atoms with Gasteiger partial charge in [-0.05, 0) is 6.92 Å². The smallest absolute Gasteiger partial charge is 0.397 e. The molecular weight excluding hydrogens is 223 g/mol. The molecule has 0 unspecified atom stereocenters. The summed E-state index contributed by atoms with van der Waals surface area (Å²) in [5.41, 5.74) is 0. The van der Waals surface area contributed by atoms with Crippen LogP contribution in [0, 0.1) is 30.6 Å². The molecule has 0 bridgehead atoms. The molecule has 0 aromatic rings. The summed E-state index contributed by atoms with van der Waals surface area (Å²) in [6, 6.07) is 0. The van der Waals surface area contributed by atoms with Gasteiger partial charge >= 0.3 is 16.5 Å². The van der Waals surface area contributed by atoms with Crippen LogP contribution >= 0.6 is 0 Å². The Morgan fingerprint density at radius 2 is 1.08 bits per heavy atom. The summed E-state index contributed by atoms with van der Waals surface area (Å²) in [6.45, 7) is 1.93. The first-order chi connectivity index (χ1) is 4.88. The average Bonchev–Trinajstić information content (AvgIpc) is 1.60. The van der Waals surface area contributed by atoms with Crippen molar-refractivity contribution in [1.29, 1.82) is 0 Å². The molecule has 0 heterocycles. The number of nitrogens with zero attached hydrogens (tertiary/aromatic N) is 2. The van der Waals surface area contributed by atoms with Gasteiger partial charge in [-0.1, -0.05) is 0 Å². The monoisotopic (exact) mass is 228 g/mol. The van der Waals surface area contributed by atoms with Gasteiger partial charge in [0.1, 0.15) is 0 Å². The molecule has 0 atom stereocenters. The second-order valence-corrected chi connectivity index (χ2v) is 0.763. The maximum absolute atomic E-state index is 8.25. The molecule has 0 aliphatic rings. The Morgan fingerprint density at radius 3 is 1.08 bits per heavy atom. The van der Waals surface area contributed by atoms with Crippen LogP contribution < -0.4 is 0 Å². The Bertz CT molecular complexity index is 87.6. The van der Waals surface area contributed by atoms with Gasteiger partial charge in [0, 0.05) is 6.61 Å². The Hall–Kier alpha value is -1.15. The number of hydrogen-bond acceptors (Lipinski definition) is 7. The van der Waals surface area contributed by atoms with E-state index in [0.29, 0.717) is 0 Å². The van der Waals surface area contributed by atoms with Crippen molar-refractivity contribution < 1.29 is 31.8 Å². The molecule has 0 aromatic heterocycles. The van der Waals surface area contributed by atoms with Gasteiger partial charge in [-0.25, -0.2) is 0 Å². The largest absolute Gasteiger partial charge is 2.00 e. The summed E-state index contributed by atoms with van der Waals surface area (Å²) in [7, 11) is 0. The van der Waals surface area contributed by atoms with Crippen LogP contribution in [0.1, 0.15) is 6.92 Å². The number of rotatable bonds is 0. The second-order valence-electron chi connectivity index (χ2n) is 0.763. The molecule has 0 amide bonds. The molecular formula is C2H6N2NiO7. The van der Waals surface area contributed by atoms with Crippen LogP contribution in [0.25, 0.3) is 0 Å². The van der Waals surface area contributed by atoms with E-state index in [4.69, 9.17) is 35.7 Å². The number of aliphatic hydroxyl groups is 1. The Labute approximate surface area is 76.8 Å². The van der Waals surface area contributed by atoms with Crippen molar-refractivity contribution in [1.82, 2.24) is 0 Å². The third-order valence-corrected chi connectivity index (χ3v) is 0. The predicted molar refractivity (Wildman–Crippen MR) is 33.5 cm³/mol. The van der Waals surface area contributed by atoms with E-state index in [1.54, 1.807) is 6.92 Å². The molecule has 0 fully saturated rings. The first-order valence-electron chi connectivity index (χ1n) is 2.12. The van der Waals surface area contributed by atoms with E-state index in [0.717, 1.165) is 0 Å². The van der Waals surface area contributed by atoms with Crippen molar-refractivity contribution in [2.24, 2.45) is 0 Å². The summed E-state index contributed by atoms with van der Waals surface area (Å²) in [6.07, 6.45) is 0. The molecule has 10 heteroatoms. The second kappa shape index (κ2) is 22.5. The van der Waals surface area contributed by atoms with Crippen LogP contribution in [-0.2, 0) is 16.5 Å². The summed E-state index contributed by atoms with van der Waals surface area (Å²) < 4.78 is 0.